The number of carbonyl (C=O) groups is 1. The molecular formula is C30H25ClF6N2O. The number of nitrogens with zero attached hydrogens (tertiary/aromatic N) is 2. The molecule has 3 aromatic rings. The lowest BCUT2D eigenvalue weighted by Gasteiger charge is -2.45. The Labute approximate surface area is 232 Å². The fraction of sp³-hybridized carbons (Fsp3) is 0.300. The summed E-state index contributed by atoms with van der Waals surface area (Å²) in [6, 6.07) is 15.5. The molecule has 1 fully saturated rings. The fourth-order valence-corrected chi connectivity index (χ4v) is 5.66. The van der Waals surface area contributed by atoms with Gasteiger partial charge < -0.3 is 9.80 Å². The first-order chi connectivity index (χ1) is 18.9. The highest BCUT2D eigenvalue weighted by atomic mass is 35.5. The third kappa shape index (κ3) is 5.99. The number of carbonyl (C=O) groups excluding carboxylic acids is 1. The van der Waals surface area contributed by atoms with Gasteiger partial charge in [-0.25, -0.2) is 0 Å². The van der Waals surface area contributed by atoms with E-state index in [9.17, 15) is 31.1 Å². The maximum absolute atomic E-state index is 13.6. The minimum absolute atomic E-state index is 0.0136. The van der Waals surface area contributed by atoms with Gasteiger partial charge in [-0.05, 0) is 66.8 Å². The molecule has 0 unspecified atom stereocenters. The number of hydrogen-bond donors (Lipinski definition) is 0. The van der Waals surface area contributed by atoms with E-state index >= 15 is 0 Å². The molecule has 1 amide bonds. The van der Waals surface area contributed by atoms with Gasteiger partial charge in [0.2, 0.25) is 0 Å². The van der Waals surface area contributed by atoms with Crippen LogP contribution in [0.15, 0.2) is 72.8 Å². The number of halogens is 7. The van der Waals surface area contributed by atoms with Crippen molar-refractivity contribution in [2.75, 3.05) is 18.0 Å². The molecule has 3 nitrogen and oxygen atoms in total. The highest BCUT2D eigenvalue weighted by Crippen LogP contribution is 2.38. The van der Waals surface area contributed by atoms with Gasteiger partial charge in [0, 0.05) is 41.4 Å². The van der Waals surface area contributed by atoms with Crippen molar-refractivity contribution in [3.63, 3.8) is 0 Å². The van der Waals surface area contributed by atoms with Crippen molar-refractivity contribution in [3.8, 4) is 0 Å². The standard InChI is InChI=1S/C30H25ClF6N2O/c31-24-9-7-19(8-10-24)14-26-18-25(38-12-3-5-20-4-1-2-6-27(20)38)11-13-39(26)28(40)21-15-22(29(32,33)34)17-23(16-21)30(35,36)37/h1-10,15-17,25-26H,11-14,18H2/t25-,26+/m0/s1. The van der Waals surface area contributed by atoms with E-state index in [-0.39, 0.29) is 18.7 Å². The van der Waals surface area contributed by atoms with Crippen molar-refractivity contribution >= 4 is 29.3 Å². The summed E-state index contributed by atoms with van der Waals surface area (Å²) in [5.41, 5.74) is -0.685. The first-order valence-corrected chi connectivity index (χ1v) is 13.1. The third-order valence-electron chi connectivity index (χ3n) is 7.45. The zero-order valence-electron chi connectivity index (χ0n) is 21.1. The van der Waals surface area contributed by atoms with Crippen molar-refractivity contribution in [3.05, 3.63) is 106 Å². The van der Waals surface area contributed by atoms with E-state index in [1.807, 2.05) is 30.3 Å². The molecule has 210 valence electrons. The van der Waals surface area contributed by atoms with Crippen molar-refractivity contribution in [2.45, 2.75) is 43.7 Å². The number of para-hydroxylation sites is 1. The van der Waals surface area contributed by atoms with Gasteiger partial charge in [-0.2, -0.15) is 26.3 Å². The predicted octanol–water partition coefficient (Wildman–Crippen LogP) is 8.13. The minimum Gasteiger partial charge on any atom is -0.364 e. The van der Waals surface area contributed by atoms with Gasteiger partial charge in [-0.15, -0.1) is 0 Å². The summed E-state index contributed by atoms with van der Waals surface area (Å²) < 4.78 is 81.0. The molecule has 2 aliphatic rings. The van der Waals surface area contributed by atoms with E-state index in [2.05, 4.69) is 11.0 Å². The van der Waals surface area contributed by atoms with Crippen molar-refractivity contribution in [1.29, 1.82) is 0 Å². The molecule has 2 aliphatic heterocycles. The molecule has 1 saturated heterocycles. The molecule has 0 N–H and O–H groups in total. The second-order valence-corrected chi connectivity index (χ2v) is 10.5. The van der Waals surface area contributed by atoms with Gasteiger partial charge in [0.25, 0.3) is 5.91 Å². The number of alkyl halides is 6. The van der Waals surface area contributed by atoms with Gasteiger partial charge in [0.15, 0.2) is 0 Å². The van der Waals surface area contributed by atoms with Crippen LogP contribution in [0.2, 0.25) is 5.02 Å². The maximum Gasteiger partial charge on any atom is 0.416 e. The summed E-state index contributed by atoms with van der Waals surface area (Å²) in [5.74, 6) is -0.854. The molecule has 0 aliphatic carbocycles. The number of hydrogen-bond acceptors (Lipinski definition) is 2. The molecule has 0 spiro atoms. The van der Waals surface area contributed by atoms with Crippen LogP contribution < -0.4 is 4.90 Å². The number of anilines is 1. The molecule has 2 heterocycles. The van der Waals surface area contributed by atoms with Crippen molar-refractivity contribution in [1.82, 2.24) is 4.90 Å². The van der Waals surface area contributed by atoms with Crippen LogP contribution in [0.5, 0.6) is 0 Å². The van der Waals surface area contributed by atoms with Crippen molar-refractivity contribution in [2.24, 2.45) is 0 Å². The topological polar surface area (TPSA) is 23.6 Å². The first-order valence-electron chi connectivity index (χ1n) is 12.8. The maximum atomic E-state index is 13.6. The summed E-state index contributed by atoms with van der Waals surface area (Å²) >= 11 is 6.03. The van der Waals surface area contributed by atoms with Gasteiger partial charge in [-0.1, -0.05) is 54.1 Å². The summed E-state index contributed by atoms with van der Waals surface area (Å²) in [6.07, 6.45) is -4.62. The third-order valence-corrected chi connectivity index (χ3v) is 7.71. The minimum atomic E-state index is -5.04. The largest absolute Gasteiger partial charge is 0.416 e. The number of piperidine rings is 1. The average molecular weight is 579 g/mol. The molecular weight excluding hydrogens is 554 g/mol. The van der Waals surface area contributed by atoms with Gasteiger partial charge in [0.05, 0.1) is 11.1 Å². The Morgan fingerprint density at radius 1 is 0.900 bits per heavy atom. The van der Waals surface area contributed by atoms with Gasteiger partial charge >= 0.3 is 12.4 Å². The lowest BCUT2D eigenvalue weighted by molar-refractivity contribution is -0.143. The lowest BCUT2D eigenvalue weighted by Crippen LogP contribution is -2.53. The second kappa shape index (κ2) is 10.8. The lowest BCUT2D eigenvalue weighted by atomic mass is 9.89. The second-order valence-electron chi connectivity index (χ2n) is 10.1. The summed E-state index contributed by atoms with van der Waals surface area (Å²) in [5, 5.41) is 0.526. The molecule has 0 bridgehead atoms. The van der Waals surface area contributed by atoms with E-state index in [0.717, 1.165) is 16.8 Å². The Kier molecular flexibility index (Phi) is 7.61. The van der Waals surface area contributed by atoms with Crippen LogP contribution >= 0.6 is 11.6 Å². The predicted molar refractivity (Wildman–Crippen MR) is 142 cm³/mol. The van der Waals surface area contributed by atoms with E-state index in [1.54, 1.807) is 24.3 Å². The Morgan fingerprint density at radius 3 is 2.20 bits per heavy atom. The monoisotopic (exact) mass is 578 g/mol. The Hall–Kier alpha value is -3.46. The smallest absolute Gasteiger partial charge is 0.364 e. The number of likely N-dealkylation sites (tertiary alicyclic amines) is 1. The molecule has 5 rings (SSSR count). The van der Waals surface area contributed by atoms with Gasteiger partial charge in [0.1, 0.15) is 0 Å². The van der Waals surface area contributed by atoms with Crippen LogP contribution in [-0.4, -0.2) is 36.0 Å². The number of fused-ring (bicyclic) bond motifs is 1. The van der Waals surface area contributed by atoms with Crippen LogP contribution in [0.25, 0.3) is 6.08 Å². The molecule has 10 heteroatoms. The first kappa shape index (κ1) is 28.1. The van der Waals surface area contributed by atoms with E-state index < -0.39 is 41.0 Å². The summed E-state index contributed by atoms with van der Waals surface area (Å²) in [7, 11) is 0. The summed E-state index contributed by atoms with van der Waals surface area (Å²) in [4.78, 5) is 17.3. The zero-order chi connectivity index (χ0) is 28.7. The Bertz CT molecular complexity index is 1380. The van der Waals surface area contributed by atoms with E-state index in [1.165, 1.54) is 4.90 Å². The highest BCUT2D eigenvalue weighted by molar-refractivity contribution is 6.30. The molecule has 3 aromatic carbocycles. The molecule has 0 saturated carbocycles. The number of benzene rings is 3. The summed E-state index contributed by atoms with van der Waals surface area (Å²) in [6.45, 7) is 0.841. The molecule has 0 aromatic heterocycles. The quantitative estimate of drug-likeness (QED) is 0.292. The molecule has 40 heavy (non-hydrogen) atoms. The van der Waals surface area contributed by atoms with Crippen LogP contribution in [0.1, 0.15) is 45.5 Å². The fourth-order valence-electron chi connectivity index (χ4n) is 5.54. The average Bonchev–Trinajstić information content (AvgIpc) is 2.92. The van der Waals surface area contributed by atoms with E-state index in [4.69, 9.17) is 11.6 Å². The van der Waals surface area contributed by atoms with Gasteiger partial charge in [-0.3, -0.25) is 4.79 Å². The number of amides is 1. The van der Waals surface area contributed by atoms with Crippen LogP contribution in [0.3, 0.4) is 0 Å². The van der Waals surface area contributed by atoms with Crippen LogP contribution in [0.4, 0.5) is 32.0 Å². The number of rotatable bonds is 4. The normalized spacial score (nSPS) is 19.5. The van der Waals surface area contributed by atoms with Crippen molar-refractivity contribution < 1.29 is 31.1 Å². The Morgan fingerprint density at radius 2 is 1.55 bits per heavy atom. The molecule has 0 radical (unpaired) electrons. The zero-order valence-corrected chi connectivity index (χ0v) is 21.9. The highest BCUT2D eigenvalue weighted by Gasteiger charge is 2.40. The van der Waals surface area contributed by atoms with Crippen LogP contribution in [-0.2, 0) is 18.8 Å². The van der Waals surface area contributed by atoms with Crippen LogP contribution in [0, 0.1) is 0 Å². The molecule has 2 atom stereocenters. The Balaban J connectivity index is 1.48. The SMILES string of the molecule is O=C(c1cc(C(F)(F)F)cc(C(F)(F)F)c1)N1CC[C@H](N2CC=Cc3ccccc32)C[C@H]1Cc1ccc(Cl)cc1. The van der Waals surface area contributed by atoms with E-state index in [0.29, 0.717) is 43.0 Å².